The molecule has 0 aliphatic heterocycles. The monoisotopic (exact) mass is 304 g/mol. The minimum atomic E-state index is -3.47. The molecule has 1 aromatic carbocycles. The van der Waals surface area contributed by atoms with Crippen LogP contribution in [0.3, 0.4) is 0 Å². The second kappa shape index (κ2) is 7.15. The Morgan fingerprint density at radius 1 is 1.21 bits per heavy atom. The molecule has 1 rings (SSSR count). The van der Waals surface area contributed by atoms with Crippen LogP contribution in [-0.2, 0) is 9.05 Å². The Balaban J connectivity index is 2.65. The SMILES string of the molecule is CCCC(COc1cc(C)cc(C)c1)CS(=O)(=O)Cl. The fourth-order valence-corrected chi connectivity index (χ4v) is 3.50. The van der Waals surface area contributed by atoms with Crippen molar-refractivity contribution in [3.05, 3.63) is 29.3 Å². The third-order valence-electron chi connectivity index (χ3n) is 2.81. The first kappa shape index (κ1) is 16.3. The van der Waals surface area contributed by atoms with Crippen LogP contribution in [0.1, 0.15) is 30.9 Å². The second-order valence-electron chi connectivity index (χ2n) is 4.99. The molecule has 1 atom stereocenters. The lowest BCUT2D eigenvalue weighted by atomic mass is 10.1. The van der Waals surface area contributed by atoms with Crippen molar-refractivity contribution in [2.45, 2.75) is 33.6 Å². The molecule has 0 saturated carbocycles. The Bertz CT molecular complexity index is 491. The number of hydrogen-bond donors (Lipinski definition) is 0. The molecule has 1 unspecified atom stereocenters. The molecule has 108 valence electrons. The third kappa shape index (κ3) is 6.83. The van der Waals surface area contributed by atoms with Gasteiger partial charge in [-0.15, -0.1) is 0 Å². The van der Waals surface area contributed by atoms with Gasteiger partial charge in [-0.1, -0.05) is 19.4 Å². The summed E-state index contributed by atoms with van der Waals surface area (Å²) in [7, 11) is 1.84. The molecule has 0 amide bonds. The molecule has 0 aliphatic rings. The van der Waals surface area contributed by atoms with E-state index in [0.29, 0.717) is 6.61 Å². The standard InChI is InChI=1S/C14H21ClO3S/c1-4-5-13(10-19(15,16)17)9-18-14-7-11(2)6-12(3)8-14/h6-8,13H,4-5,9-10H2,1-3H3. The van der Waals surface area contributed by atoms with Crippen molar-refractivity contribution in [2.24, 2.45) is 5.92 Å². The van der Waals surface area contributed by atoms with Gasteiger partial charge in [0, 0.05) is 16.6 Å². The van der Waals surface area contributed by atoms with Crippen LogP contribution in [0, 0.1) is 19.8 Å². The highest BCUT2D eigenvalue weighted by Crippen LogP contribution is 2.19. The molecule has 19 heavy (non-hydrogen) atoms. The van der Waals surface area contributed by atoms with Crippen molar-refractivity contribution in [3.63, 3.8) is 0 Å². The highest BCUT2D eigenvalue weighted by atomic mass is 35.7. The maximum absolute atomic E-state index is 11.1. The lowest BCUT2D eigenvalue weighted by molar-refractivity contribution is 0.252. The van der Waals surface area contributed by atoms with Gasteiger partial charge in [-0.05, 0) is 43.5 Å². The summed E-state index contributed by atoms with van der Waals surface area (Å²) >= 11 is 0. The van der Waals surface area contributed by atoms with Crippen LogP contribution in [0.25, 0.3) is 0 Å². The van der Waals surface area contributed by atoms with Gasteiger partial charge in [0.25, 0.3) is 0 Å². The fraction of sp³-hybridized carbons (Fsp3) is 0.571. The maximum Gasteiger partial charge on any atom is 0.232 e. The maximum atomic E-state index is 11.1. The molecule has 0 saturated heterocycles. The van der Waals surface area contributed by atoms with Crippen LogP contribution in [0.4, 0.5) is 0 Å². The van der Waals surface area contributed by atoms with E-state index in [9.17, 15) is 8.42 Å². The predicted octanol–water partition coefficient (Wildman–Crippen LogP) is 3.67. The van der Waals surface area contributed by atoms with Crippen molar-refractivity contribution in [2.75, 3.05) is 12.4 Å². The predicted molar refractivity (Wildman–Crippen MR) is 79.4 cm³/mol. The lowest BCUT2D eigenvalue weighted by Crippen LogP contribution is -2.19. The summed E-state index contributed by atoms with van der Waals surface area (Å²) in [6.07, 6.45) is 1.70. The first-order valence-electron chi connectivity index (χ1n) is 6.43. The van der Waals surface area contributed by atoms with Crippen molar-refractivity contribution in [3.8, 4) is 5.75 Å². The van der Waals surface area contributed by atoms with Gasteiger partial charge in [-0.25, -0.2) is 8.42 Å². The summed E-state index contributed by atoms with van der Waals surface area (Å²) in [5, 5.41) is 0. The lowest BCUT2D eigenvalue weighted by Gasteiger charge is -2.16. The average Bonchev–Trinajstić information content (AvgIpc) is 2.23. The van der Waals surface area contributed by atoms with Gasteiger partial charge >= 0.3 is 0 Å². The Labute approximate surface area is 120 Å². The topological polar surface area (TPSA) is 43.4 Å². The fourth-order valence-electron chi connectivity index (χ4n) is 2.13. The Morgan fingerprint density at radius 3 is 2.26 bits per heavy atom. The number of ether oxygens (including phenoxy) is 1. The zero-order valence-electron chi connectivity index (χ0n) is 11.6. The molecule has 0 N–H and O–H groups in total. The quantitative estimate of drug-likeness (QED) is 0.722. The molecule has 0 bridgehead atoms. The van der Waals surface area contributed by atoms with Crippen LogP contribution in [0.5, 0.6) is 5.75 Å². The second-order valence-corrected chi connectivity index (χ2v) is 7.82. The number of aryl methyl sites for hydroxylation is 2. The van der Waals surface area contributed by atoms with Crippen molar-refractivity contribution >= 4 is 19.7 Å². The molecular formula is C14H21ClO3S. The number of rotatable bonds is 7. The van der Waals surface area contributed by atoms with E-state index in [1.54, 1.807) is 0 Å². The van der Waals surface area contributed by atoms with Gasteiger partial charge in [0.15, 0.2) is 0 Å². The average molecular weight is 305 g/mol. The van der Waals surface area contributed by atoms with E-state index >= 15 is 0 Å². The largest absolute Gasteiger partial charge is 0.493 e. The van der Waals surface area contributed by atoms with Gasteiger partial charge in [-0.3, -0.25) is 0 Å². The number of halogens is 1. The highest BCUT2D eigenvalue weighted by molar-refractivity contribution is 8.13. The van der Waals surface area contributed by atoms with Crippen molar-refractivity contribution in [1.82, 2.24) is 0 Å². The summed E-state index contributed by atoms with van der Waals surface area (Å²) in [6.45, 7) is 6.41. The van der Waals surface area contributed by atoms with Crippen molar-refractivity contribution in [1.29, 1.82) is 0 Å². The van der Waals surface area contributed by atoms with Gasteiger partial charge in [-0.2, -0.15) is 0 Å². The Kier molecular flexibility index (Phi) is 6.14. The Hall–Kier alpha value is -0.740. The third-order valence-corrected chi connectivity index (χ3v) is 4.06. The molecule has 0 heterocycles. The highest BCUT2D eigenvalue weighted by Gasteiger charge is 2.17. The normalized spacial score (nSPS) is 13.3. The summed E-state index contributed by atoms with van der Waals surface area (Å²) in [5.41, 5.74) is 2.26. The van der Waals surface area contributed by atoms with E-state index in [-0.39, 0.29) is 11.7 Å². The molecule has 0 aliphatic carbocycles. The summed E-state index contributed by atoms with van der Waals surface area (Å²) in [6, 6.07) is 5.97. The van der Waals surface area contributed by atoms with E-state index in [2.05, 4.69) is 6.07 Å². The number of benzene rings is 1. The zero-order chi connectivity index (χ0) is 14.5. The zero-order valence-corrected chi connectivity index (χ0v) is 13.2. The van der Waals surface area contributed by atoms with Crippen LogP contribution < -0.4 is 4.74 Å². The van der Waals surface area contributed by atoms with Crippen LogP contribution in [-0.4, -0.2) is 20.8 Å². The molecule has 0 radical (unpaired) electrons. The summed E-state index contributed by atoms with van der Waals surface area (Å²) in [5.74, 6) is 0.687. The minimum Gasteiger partial charge on any atom is -0.493 e. The molecule has 3 nitrogen and oxygen atoms in total. The van der Waals surface area contributed by atoms with E-state index in [1.807, 2.05) is 32.9 Å². The Morgan fingerprint density at radius 2 is 1.79 bits per heavy atom. The van der Waals surface area contributed by atoms with Crippen LogP contribution in [0.15, 0.2) is 18.2 Å². The van der Waals surface area contributed by atoms with Gasteiger partial charge in [0.05, 0.1) is 12.4 Å². The number of hydrogen-bond acceptors (Lipinski definition) is 3. The van der Waals surface area contributed by atoms with Crippen molar-refractivity contribution < 1.29 is 13.2 Å². The smallest absolute Gasteiger partial charge is 0.232 e. The molecule has 0 fully saturated rings. The first-order chi connectivity index (χ1) is 8.80. The molecule has 1 aromatic rings. The van der Waals surface area contributed by atoms with Gasteiger partial charge < -0.3 is 4.74 Å². The summed E-state index contributed by atoms with van der Waals surface area (Å²) in [4.78, 5) is 0. The van der Waals surface area contributed by atoms with E-state index in [0.717, 1.165) is 29.7 Å². The molecule has 0 aromatic heterocycles. The molecular weight excluding hydrogens is 284 g/mol. The van der Waals surface area contributed by atoms with Crippen LogP contribution in [0.2, 0.25) is 0 Å². The van der Waals surface area contributed by atoms with Gasteiger partial charge in [0.1, 0.15) is 5.75 Å². The van der Waals surface area contributed by atoms with Crippen LogP contribution >= 0.6 is 10.7 Å². The van der Waals surface area contributed by atoms with E-state index in [4.69, 9.17) is 15.4 Å². The minimum absolute atomic E-state index is 0.0345. The summed E-state index contributed by atoms with van der Waals surface area (Å²) < 4.78 is 28.0. The van der Waals surface area contributed by atoms with E-state index in [1.165, 1.54) is 0 Å². The first-order valence-corrected chi connectivity index (χ1v) is 8.91. The molecule has 0 spiro atoms. The molecule has 5 heteroatoms. The van der Waals surface area contributed by atoms with Gasteiger partial charge in [0.2, 0.25) is 9.05 Å². The van der Waals surface area contributed by atoms with E-state index < -0.39 is 9.05 Å².